The quantitative estimate of drug-likeness (QED) is 0.661. The van der Waals surface area contributed by atoms with Gasteiger partial charge in [-0.3, -0.25) is 4.90 Å². The minimum atomic E-state index is -2.79. The Bertz CT molecular complexity index is 344. The Morgan fingerprint density at radius 2 is 2.11 bits per heavy atom. The predicted octanol–water partition coefficient (Wildman–Crippen LogP) is 0.510. The number of hydrogen-bond acceptors (Lipinski definition) is 5. The van der Waals surface area contributed by atoms with E-state index in [-0.39, 0.29) is 6.04 Å². The Balaban J connectivity index is 2.04. The summed E-state index contributed by atoms with van der Waals surface area (Å²) >= 11 is 0. The lowest BCUT2D eigenvalue weighted by Gasteiger charge is -2.33. The van der Waals surface area contributed by atoms with Crippen molar-refractivity contribution < 1.29 is 13.2 Å². The first kappa shape index (κ1) is 16.9. The van der Waals surface area contributed by atoms with Crippen molar-refractivity contribution in [3.63, 3.8) is 0 Å². The van der Waals surface area contributed by atoms with E-state index in [1.54, 1.807) is 0 Å². The van der Waals surface area contributed by atoms with Crippen LogP contribution in [0.2, 0.25) is 0 Å². The topological polar surface area (TPSA) is 58.6 Å². The monoisotopic (exact) mass is 292 g/mol. The molecule has 0 aromatic rings. The summed E-state index contributed by atoms with van der Waals surface area (Å²) in [6.07, 6.45) is 1.32. The van der Waals surface area contributed by atoms with Crippen molar-refractivity contribution in [2.24, 2.45) is 0 Å². The maximum atomic E-state index is 11.5. The van der Waals surface area contributed by atoms with Crippen LogP contribution < -0.4 is 5.32 Å². The van der Waals surface area contributed by atoms with Gasteiger partial charge in [-0.1, -0.05) is 0 Å². The standard InChI is InChI=1S/C13H28N2O3S/c1-12(2)18-9-4-5-14-6-7-15-8-10-19(16,17)11-13(15)3/h12-14H,4-11H2,1-3H3. The molecule has 0 saturated carbocycles. The van der Waals surface area contributed by atoms with Gasteiger partial charge in [0.15, 0.2) is 9.84 Å². The third-order valence-electron chi connectivity index (χ3n) is 3.33. The number of rotatable bonds is 8. The van der Waals surface area contributed by atoms with Crippen molar-refractivity contribution in [2.75, 3.05) is 44.3 Å². The second-order valence-corrected chi connectivity index (χ2v) is 7.75. The molecule has 1 atom stereocenters. The van der Waals surface area contributed by atoms with Crippen LogP contribution >= 0.6 is 0 Å². The summed E-state index contributed by atoms with van der Waals surface area (Å²) in [5, 5.41) is 3.38. The molecule has 1 N–H and O–H groups in total. The minimum Gasteiger partial charge on any atom is -0.379 e. The summed E-state index contributed by atoms with van der Waals surface area (Å²) in [6.45, 7) is 10.3. The first-order chi connectivity index (χ1) is 8.91. The molecule has 0 spiro atoms. The average Bonchev–Trinajstić information content (AvgIpc) is 2.29. The van der Waals surface area contributed by atoms with Gasteiger partial charge in [0.1, 0.15) is 0 Å². The summed E-state index contributed by atoms with van der Waals surface area (Å²) < 4.78 is 28.4. The molecule has 1 aliphatic heterocycles. The molecule has 114 valence electrons. The van der Waals surface area contributed by atoms with E-state index in [9.17, 15) is 8.42 Å². The fraction of sp³-hybridized carbons (Fsp3) is 1.00. The summed E-state index contributed by atoms with van der Waals surface area (Å²) in [5.74, 6) is 0.606. The molecule has 6 heteroatoms. The Morgan fingerprint density at radius 1 is 1.37 bits per heavy atom. The van der Waals surface area contributed by atoms with Gasteiger partial charge in [-0.25, -0.2) is 8.42 Å². The highest BCUT2D eigenvalue weighted by Crippen LogP contribution is 2.10. The van der Waals surface area contributed by atoms with E-state index in [0.29, 0.717) is 24.2 Å². The molecule has 0 aliphatic carbocycles. The van der Waals surface area contributed by atoms with Crippen LogP contribution in [0.25, 0.3) is 0 Å². The van der Waals surface area contributed by atoms with Crippen molar-refractivity contribution in [2.45, 2.75) is 39.3 Å². The molecule has 0 bridgehead atoms. The molecular formula is C13H28N2O3S. The molecule has 0 aromatic heterocycles. The van der Waals surface area contributed by atoms with Gasteiger partial charge in [0.25, 0.3) is 0 Å². The summed E-state index contributed by atoms with van der Waals surface area (Å²) in [7, 11) is -2.79. The molecular weight excluding hydrogens is 264 g/mol. The fourth-order valence-electron chi connectivity index (χ4n) is 2.23. The smallest absolute Gasteiger partial charge is 0.153 e. The molecule has 0 radical (unpaired) electrons. The molecule has 1 fully saturated rings. The first-order valence-corrected chi connectivity index (χ1v) is 8.99. The SMILES string of the molecule is CC(C)OCCCNCCN1CCS(=O)(=O)CC1C. The second-order valence-electron chi connectivity index (χ2n) is 5.52. The third-order valence-corrected chi connectivity index (χ3v) is 5.13. The van der Waals surface area contributed by atoms with E-state index in [4.69, 9.17) is 4.74 Å². The van der Waals surface area contributed by atoms with Crippen LogP contribution in [0.4, 0.5) is 0 Å². The van der Waals surface area contributed by atoms with Gasteiger partial charge in [0, 0.05) is 32.3 Å². The Morgan fingerprint density at radius 3 is 2.74 bits per heavy atom. The normalized spacial score (nSPS) is 23.9. The van der Waals surface area contributed by atoms with Crippen molar-refractivity contribution >= 4 is 9.84 Å². The lowest BCUT2D eigenvalue weighted by atomic mass is 10.3. The van der Waals surface area contributed by atoms with E-state index in [1.807, 2.05) is 20.8 Å². The summed E-state index contributed by atoms with van der Waals surface area (Å²) in [4.78, 5) is 2.25. The van der Waals surface area contributed by atoms with Crippen molar-refractivity contribution in [1.82, 2.24) is 10.2 Å². The van der Waals surface area contributed by atoms with Crippen LogP contribution in [0, 0.1) is 0 Å². The van der Waals surface area contributed by atoms with Gasteiger partial charge in [-0.2, -0.15) is 0 Å². The number of hydrogen-bond donors (Lipinski definition) is 1. The van der Waals surface area contributed by atoms with Crippen LogP contribution in [0.5, 0.6) is 0 Å². The van der Waals surface area contributed by atoms with Gasteiger partial charge in [0.2, 0.25) is 0 Å². The zero-order valence-electron chi connectivity index (χ0n) is 12.4. The molecule has 19 heavy (non-hydrogen) atoms. The van der Waals surface area contributed by atoms with Crippen LogP contribution in [-0.2, 0) is 14.6 Å². The Labute approximate surface area is 117 Å². The highest BCUT2D eigenvalue weighted by atomic mass is 32.2. The lowest BCUT2D eigenvalue weighted by molar-refractivity contribution is 0.0769. The number of ether oxygens (including phenoxy) is 1. The zero-order valence-corrected chi connectivity index (χ0v) is 13.2. The molecule has 1 saturated heterocycles. The Kier molecular flexibility index (Phi) is 7.28. The van der Waals surface area contributed by atoms with E-state index in [0.717, 1.165) is 32.7 Å². The molecule has 0 aromatic carbocycles. The fourth-order valence-corrected chi connectivity index (χ4v) is 3.85. The van der Waals surface area contributed by atoms with Crippen LogP contribution in [0.3, 0.4) is 0 Å². The van der Waals surface area contributed by atoms with Crippen molar-refractivity contribution in [3.05, 3.63) is 0 Å². The minimum absolute atomic E-state index is 0.143. The molecule has 5 nitrogen and oxygen atoms in total. The number of nitrogens with one attached hydrogen (secondary N) is 1. The molecule has 1 unspecified atom stereocenters. The van der Waals surface area contributed by atoms with Crippen LogP contribution in [0.15, 0.2) is 0 Å². The largest absolute Gasteiger partial charge is 0.379 e. The van der Waals surface area contributed by atoms with Gasteiger partial charge in [0.05, 0.1) is 17.6 Å². The van der Waals surface area contributed by atoms with Gasteiger partial charge in [-0.05, 0) is 33.7 Å². The van der Waals surface area contributed by atoms with Gasteiger partial charge < -0.3 is 10.1 Å². The second kappa shape index (κ2) is 8.19. The molecule has 1 aliphatic rings. The van der Waals surface area contributed by atoms with E-state index in [1.165, 1.54) is 0 Å². The third kappa shape index (κ3) is 7.25. The highest BCUT2D eigenvalue weighted by Gasteiger charge is 2.27. The first-order valence-electron chi connectivity index (χ1n) is 7.17. The van der Waals surface area contributed by atoms with E-state index in [2.05, 4.69) is 10.2 Å². The average molecular weight is 292 g/mol. The number of sulfone groups is 1. The maximum absolute atomic E-state index is 11.5. The summed E-state index contributed by atoms with van der Waals surface area (Å²) in [5.41, 5.74) is 0. The lowest BCUT2D eigenvalue weighted by Crippen LogP contribution is -2.49. The Hall–Kier alpha value is -0.170. The molecule has 1 heterocycles. The van der Waals surface area contributed by atoms with E-state index >= 15 is 0 Å². The van der Waals surface area contributed by atoms with Crippen molar-refractivity contribution in [3.8, 4) is 0 Å². The van der Waals surface area contributed by atoms with Crippen molar-refractivity contribution in [1.29, 1.82) is 0 Å². The van der Waals surface area contributed by atoms with Gasteiger partial charge in [-0.15, -0.1) is 0 Å². The van der Waals surface area contributed by atoms with E-state index < -0.39 is 9.84 Å². The zero-order chi connectivity index (χ0) is 14.3. The molecule has 1 rings (SSSR count). The summed E-state index contributed by atoms with van der Waals surface area (Å²) in [6, 6.07) is 0.143. The highest BCUT2D eigenvalue weighted by molar-refractivity contribution is 7.91. The van der Waals surface area contributed by atoms with Gasteiger partial charge >= 0.3 is 0 Å². The number of nitrogens with zero attached hydrogens (tertiary/aromatic N) is 1. The van der Waals surface area contributed by atoms with Crippen LogP contribution in [0.1, 0.15) is 27.2 Å². The molecule has 0 amide bonds. The predicted molar refractivity (Wildman–Crippen MR) is 78.3 cm³/mol. The maximum Gasteiger partial charge on any atom is 0.153 e. The van der Waals surface area contributed by atoms with Crippen LogP contribution in [-0.4, -0.2) is 69.8 Å².